The van der Waals surface area contributed by atoms with Crippen molar-refractivity contribution in [2.45, 2.75) is 6.42 Å². The van der Waals surface area contributed by atoms with Crippen LogP contribution < -0.4 is 4.84 Å². The highest BCUT2D eigenvalue weighted by Crippen LogP contribution is 2.20. The number of rotatable bonds is 0. The molecule has 1 heterocycles. The van der Waals surface area contributed by atoms with Gasteiger partial charge in [0.25, 0.3) is 0 Å². The molecule has 1 aromatic rings. The number of hydrogen-bond donors (Lipinski definition) is 0. The van der Waals surface area contributed by atoms with Gasteiger partial charge in [0.2, 0.25) is 0 Å². The van der Waals surface area contributed by atoms with Gasteiger partial charge in [-0.05, 0) is 12.5 Å². The largest absolute Gasteiger partial charge is 0.339 e. The van der Waals surface area contributed by atoms with E-state index in [1.807, 2.05) is 30.3 Å². The van der Waals surface area contributed by atoms with E-state index < -0.39 is 0 Å². The van der Waals surface area contributed by atoms with Gasteiger partial charge in [-0.2, -0.15) is 0 Å². The molecule has 0 aliphatic carbocycles. The number of fused-ring (bicyclic) bond motifs is 1. The molecule has 1 aliphatic heterocycles. The molecule has 0 fully saturated rings. The highest BCUT2D eigenvalue weighted by Gasteiger charge is 2.01. The average Bonchev–Trinajstić information content (AvgIpc) is 2.06. The molecule has 0 radical (unpaired) electrons. The first-order valence-corrected chi connectivity index (χ1v) is 3.77. The van der Waals surface area contributed by atoms with E-state index in [0.717, 1.165) is 17.7 Å². The molecular weight excluding hydrogens is 152 g/mol. The Bertz CT molecular complexity index is 298. The van der Waals surface area contributed by atoms with Crippen molar-refractivity contribution in [3.05, 3.63) is 42.1 Å². The molecule has 0 saturated carbocycles. The summed E-state index contributed by atoms with van der Waals surface area (Å²) in [5.74, 6) is 0.783. The molecule has 1 aliphatic rings. The zero-order valence-electron chi connectivity index (χ0n) is 6.47. The lowest BCUT2D eigenvalue weighted by molar-refractivity contribution is 0.308. The van der Waals surface area contributed by atoms with Crippen LogP contribution in [0.5, 0.6) is 5.75 Å². The first kappa shape index (κ1) is 7.03. The third-order valence-electron chi connectivity index (χ3n) is 1.67. The van der Waals surface area contributed by atoms with Crippen molar-refractivity contribution in [3.63, 3.8) is 0 Å². The van der Waals surface area contributed by atoms with Crippen LogP contribution in [0.25, 0.3) is 0 Å². The van der Waals surface area contributed by atoms with Gasteiger partial charge in [-0.25, -0.2) is 0 Å². The molecule has 0 bridgehead atoms. The molecule has 0 unspecified atom stereocenters. The van der Waals surface area contributed by atoms with Gasteiger partial charge in [-0.3, -0.25) is 0 Å². The normalized spacial score (nSPS) is 14.3. The maximum Gasteiger partial charge on any atom is 0.163 e. The standard InChI is InChI=1S/C9H8N2O/c1-2-6-9-8(4-1)5-3-7-10-11-12-9/h1-4,6-7H,5H2. The van der Waals surface area contributed by atoms with Crippen LogP contribution in [0.1, 0.15) is 5.56 Å². The molecule has 3 heteroatoms. The molecule has 60 valence electrons. The summed E-state index contributed by atoms with van der Waals surface area (Å²) in [6.45, 7) is 0. The van der Waals surface area contributed by atoms with Crippen LogP contribution in [0.15, 0.2) is 46.9 Å². The molecule has 12 heavy (non-hydrogen) atoms. The van der Waals surface area contributed by atoms with Crippen LogP contribution in [0.4, 0.5) is 0 Å². The molecule has 0 aromatic heterocycles. The van der Waals surface area contributed by atoms with E-state index in [1.165, 1.54) is 0 Å². The van der Waals surface area contributed by atoms with Crippen molar-refractivity contribution < 1.29 is 4.84 Å². The first-order chi connectivity index (χ1) is 5.97. The predicted octanol–water partition coefficient (Wildman–Crippen LogP) is 2.50. The molecule has 2 rings (SSSR count). The summed E-state index contributed by atoms with van der Waals surface area (Å²) in [6.07, 6.45) is 4.43. The fraction of sp³-hybridized carbons (Fsp3) is 0.111. The fourth-order valence-electron chi connectivity index (χ4n) is 1.08. The third-order valence-corrected chi connectivity index (χ3v) is 1.67. The first-order valence-electron chi connectivity index (χ1n) is 3.77. The van der Waals surface area contributed by atoms with Crippen LogP contribution in [0.2, 0.25) is 0 Å². The Hall–Kier alpha value is -1.64. The van der Waals surface area contributed by atoms with Crippen molar-refractivity contribution in [2.24, 2.45) is 10.4 Å². The van der Waals surface area contributed by atoms with E-state index >= 15 is 0 Å². The van der Waals surface area contributed by atoms with E-state index in [-0.39, 0.29) is 0 Å². The Morgan fingerprint density at radius 1 is 1.25 bits per heavy atom. The Balaban J connectivity index is 2.40. The van der Waals surface area contributed by atoms with E-state index in [9.17, 15) is 0 Å². The van der Waals surface area contributed by atoms with E-state index in [1.54, 1.807) is 6.20 Å². The minimum atomic E-state index is 0.783. The van der Waals surface area contributed by atoms with E-state index in [4.69, 9.17) is 4.84 Å². The minimum Gasteiger partial charge on any atom is -0.339 e. The van der Waals surface area contributed by atoms with Crippen LogP contribution in [-0.2, 0) is 6.42 Å². The van der Waals surface area contributed by atoms with Gasteiger partial charge >= 0.3 is 0 Å². The third kappa shape index (κ3) is 1.34. The van der Waals surface area contributed by atoms with Crippen molar-refractivity contribution in [1.82, 2.24) is 0 Å². The predicted molar refractivity (Wildman–Crippen MR) is 44.8 cm³/mol. The Morgan fingerprint density at radius 3 is 3.17 bits per heavy atom. The molecular formula is C9H8N2O. The topological polar surface area (TPSA) is 34.0 Å². The fourth-order valence-corrected chi connectivity index (χ4v) is 1.08. The summed E-state index contributed by atoms with van der Waals surface area (Å²) < 4.78 is 0. The maximum absolute atomic E-state index is 5.04. The van der Waals surface area contributed by atoms with Gasteiger partial charge in [0.15, 0.2) is 5.75 Å². The van der Waals surface area contributed by atoms with Gasteiger partial charge in [0.05, 0.1) is 0 Å². The Labute approximate surface area is 70.3 Å². The zero-order valence-corrected chi connectivity index (χ0v) is 6.47. The van der Waals surface area contributed by atoms with E-state index in [0.29, 0.717) is 0 Å². The Kier molecular flexibility index (Phi) is 1.86. The zero-order chi connectivity index (χ0) is 8.23. The summed E-state index contributed by atoms with van der Waals surface area (Å²) >= 11 is 0. The SMILES string of the molecule is C1=CN=NOc2ccccc2C1. The van der Waals surface area contributed by atoms with E-state index in [2.05, 4.69) is 10.4 Å². The van der Waals surface area contributed by atoms with Gasteiger partial charge < -0.3 is 4.84 Å². The molecule has 0 amide bonds. The highest BCUT2D eigenvalue weighted by atomic mass is 16.6. The van der Waals surface area contributed by atoms with Crippen molar-refractivity contribution in [3.8, 4) is 5.75 Å². The van der Waals surface area contributed by atoms with Gasteiger partial charge in [-0.1, -0.05) is 24.3 Å². The van der Waals surface area contributed by atoms with Crippen molar-refractivity contribution >= 4 is 0 Å². The van der Waals surface area contributed by atoms with Gasteiger partial charge in [0.1, 0.15) is 0 Å². The van der Waals surface area contributed by atoms with Crippen LogP contribution in [0, 0.1) is 0 Å². The van der Waals surface area contributed by atoms with Crippen LogP contribution in [-0.4, -0.2) is 0 Å². The molecule has 0 N–H and O–H groups in total. The second-order valence-corrected chi connectivity index (χ2v) is 2.49. The number of hydrogen-bond acceptors (Lipinski definition) is 3. The summed E-state index contributed by atoms with van der Waals surface area (Å²) in [4.78, 5) is 5.04. The smallest absolute Gasteiger partial charge is 0.163 e. The lowest BCUT2D eigenvalue weighted by Crippen LogP contribution is -1.90. The summed E-state index contributed by atoms with van der Waals surface area (Å²) in [5, 5.41) is 7.16. The molecule has 0 saturated heterocycles. The van der Waals surface area contributed by atoms with Gasteiger partial charge in [-0.15, -0.1) is 5.11 Å². The summed E-state index contributed by atoms with van der Waals surface area (Å²) in [5.41, 5.74) is 1.13. The molecule has 0 spiro atoms. The summed E-state index contributed by atoms with van der Waals surface area (Å²) in [7, 11) is 0. The minimum absolute atomic E-state index is 0.783. The lowest BCUT2D eigenvalue weighted by Gasteiger charge is -2.04. The Morgan fingerprint density at radius 2 is 2.17 bits per heavy atom. The lowest BCUT2D eigenvalue weighted by atomic mass is 10.1. The molecule has 3 nitrogen and oxygen atoms in total. The quantitative estimate of drug-likeness (QED) is 0.574. The molecule has 1 aromatic carbocycles. The summed E-state index contributed by atoms with van der Waals surface area (Å²) in [6, 6.07) is 7.79. The highest BCUT2D eigenvalue weighted by molar-refractivity contribution is 5.34. The van der Waals surface area contributed by atoms with Gasteiger partial charge in [0, 0.05) is 17.0 Å². The monoisotopic (exact) mass is 160 g/mol. The van der Waals surface area contributed by atoms with Crippen molar-refractivity contribution in [1.29, 1.82) is 0 Å². The van der Waals surface area contributed by atoms with Crippen LogP contribution >= 0.6 is 0 Å². The number of nitrogens with zero attached hydrogens (tertiary/aromatic N) is 2. The average molecular weight is 160 g/mol. The number of benzene rings is 1. The number of para-hydroxylation sites is 1. The second kappa shape index (κ2) is 3.17. The maximum atomic E-state index is 5.04. The van der Waals surface area contributed by atoms with Crippen LogP contribution in [0.3, 0.4) is 0 Å². The van der Waals surface area contributed by atoms with Crippen molar-refractivity contribution in [2.75, 3.05) is 0 Å². The molecule has 0 atom stereocenters. The second-order valence-electron chi connectivity index (χ2n) is 2.49. The number of allylic oxidation sites excluding steroid dienone is 1.